The van der Waals surface area contributed by atoms with Crippen LogP contribution < -0.4 is 5.32 Å². The van der Waals surface area contributed by atoms with Gasteiger partial charge in [0.05, 0.1) is 0 Å². The normalized spacial score (nSPS) is 12.6. The van der Waals surface area contributed by atoms with Gasteiger partial charge in [-0.1, -0.05) is 61.4 Å². The zero-order valence-corrected chi connectivity index (χ0v) is 15.2. The van der Waals surface area contributed by atoms with E-state index in [-0.39, 0.29) is 0 Å². The maximum absolute atomic E-state index is 3.48. The number of benzene rings is 1. The zero-order chi connectivity index (χ0) is 14.6. The summed E-state index contributed by atoms with van der Waals surface area (Å²) >= 11 is 5.43. The average molecular weight is 358 g/mol. The highest BCUT2D eigenvalue weighted by atomic mass is 79.9. The van der Waals surface area contributed by atoms with E-state index in [2.05, 4.69) is 59.5 Å². The fourth-order valence-corrected chi connectivity index (χ4v) is 3.53. The van der Waals surface area contributed by atoms with Crippen molar-refractivity contribution in [2.45, 2.75) is 62.8 Å². The molecule has 0 aliphatic rings. The van der Waals surface area contributed by atoms with Gasteiger partial charge in [0.15, 0.2) is 0 Å². The molecule has 1 nitrogen and oxygen atoms in total. The molecule has 1 atom stereocenters. The van der Waals surface area contributed by atoms with Crippen molar-refractivity contribution in [3.05, 3.63) is 28.7 Å². The molecule has 0 radical (unpaired) electrons. The van der Waals surface area contributed by atoms with Crippen molar-refractivity contribution in [1.29, 1.82) is 0 Å². The van der Waals surface area contributed by atoms with Crippen LogP contribution in [-0.4, -0.2) is 18.8 Å². The second-order valence-electron chi connectivity index (χ2n) is 5.31. The lowest BCUT2D eigenvalue weighted by Gasteiger charge is -2.15. The third-order valence-electron chi connectivity index (χ3n) is 3.58. The maximum Gasteiger partial charge on any atom is 0.0176 e. The van der Waals surface area contributed by atoms with E-state index in [1.807, 2.05) is 11.8 Å². The number of hydrogen-bond acceptors (Lipinski definition) is 2. The van der Waals surface area contributed by atoms with Crippen LogP contribution in [0.15, 0.2) is 33.6 Å². The van der Waals surface area contributed by atoms with Gasteiger partial charge in [-0.3, -0.25) is 0 Å². The smallest absolute Gasteiger partial charge is 0.0176 e. The number of nitrogens with one attached hydrogen (secondary N) is 1. The molecule has 0 amide bonds. The minimum atomic E-state index is 0.634. The molecule has 0 spiro atoms. The number of unbranched alkanes of at least 4 members (excludes halogenated alkanes) is 5. The van der Waals surface area contributed by atoms with Gasteiger partial charge in [-0.15, -0.1) is 11.8 Å². The topological polar surface area (TPSA) is 12.0 Å². The predicted octanol–water partition coefficient (Wildman–Crippen LogP) is 5.88. The molecule has 0 bridgehead atoms. The Morgan fingerprint density at radius 3 is 2.35 bits per heavy atom. The van der Waals surface area contributed by atoms with E-state index in [1.165, 1.54) is 49.8 Å². The standard InChI is InChI=1S/C17H28BrNS/c1-3-4-5-6-7-8-9-16(19-2)14-20-17-12-10-15(18)11-13-17/h10-13,16,19H,3-9,14H2,1-2H3. The van der Waals surface area contributed by atoms with Crippen molar-refractivity contribution < 1.29 is 0 Å². The SMILES string of the molecule is CCCCCCCCC(CSc1ccc(Br)cc1)NC. The molecule has 0 saturated carbocycles. The van der Waals surface area contributed by atoms with Crippen LogP contribution in [0, 0.1) is 0 Å². The van der Waals surface area contributed by atoms with Crippen LogP contribution in [0.2, 0.25) is 0 Å². The molecule has 0 aromatic heterocycles. The molecule has 0 fully saturated rings. The van der Waals surface area contributed by atoms with E-state index in [0.29, 0.717) is 6.04 Å². The summed E-state index contributed by atoms with van der Waals surface area (Å²) in [4.78, 5) is 1.36. The van der Waals surface area contributed by atoms with Gasteiger partial charge in [0.25, 0.3) is 0 Å². The Labute approximate surface area is 137 Å². The molecule has 0 saturated heterocycles. The molecule has 0 heterocycles. The molecule has 20 heavy (non-hydrogen) atoms. The lowest BCUT2D eigenvalue weighted by Crippen LogP contribution is -2.27. The molecule has 0 aliphatic heterocycles. The third kappa shape index (κ3) is 8.33. The van der Waals surface area contributed by atoms with E-state index in [4.69, 9.17) is 0 Å². The first-order chi connectivity index (χ1) is 9.76. The van der Waals surface area contributed by atoms with E-state index < -0.39 is 0 Å². The first-order valence-corrected chi connectivity index (χ1v) is 9.59. The number of thioether (sulfide) groups is 1. The van der Waals surface area contributed by atoms with Crippen molar-refractivity contribution in [3.63, 3.8) is 0 Å². The molecule has 1 unspecified atom stereocenters. The summed E-state index contributed by atoms with van der Waals surface area (Å²) in [6, 6.07) is 9.24. The van der Waals surface area contributed by atoms with Crippen molar-refractivity contribution in [3.8, 4) is 0 Å². The average Bonchev–Trinajstić information content (AvgIpc) is 2.47. The molecule has 1 aromatic rings. The molecule has 114 valence electrons. The van der Waals surface area contributed by atoms with Crippen molar-refractivity contribution in [2.75, 3.05) is 12.8 Å². The van der Waals surface area contributed by atoms with E-state index in [9.17, 15) is 0 Å². The molecule has 3 heteroatoms. The van der Waals surface area contributed by atoms with Gasteiger partial charge in [-0.05, 0) is 37.7 Å². The molecular weight excluding hydrogens is 330 g/mol. The van der Waals surface area contributed by atoms with Crippen molar-refractivity contribution >= 4 is 27.7 Å². The van der Waals surface area contributed by atoms with Crippen molar-refractivity contribution in [1.82, 2.24) is 5.32 Å². The van der Waals surface area contributed by atoms with Gasteiger partial charge < -0.3 is 5.32 Å². The van der Waals surface area contributed by atoms with Crippen molar-refractivity contribution in [2.24, 2.45) is 0 Å². The predicted molar refractivity (Wildman–Crippen MR) is 95.7 cm³/mol. The Morgan fingerprint density at radius 2 is 1.70 bits per heavy atom. The highest BCUT2D eigenvalue weighted by molar-refractivity contribution is 9.10. The highest BCUT2D eigenvalue weighted by Gasteiger charge is 2.06. The number of rotatable bonds is 11. The quantitative estimate of drug-likeness (QED) is 0.392. The second kappa shape index (κ2) is 11.6. The Kier molecular flexibility index (Phi) is 10.5. The Morgan fingerprint density at radius 1 is 1.05 bits per heavy atom. The van der Waals surface area contributed by atoms with Crippen LogP contribution >= 0.6 is 27.7 Å². The largest absolute Gasteiger partial charge is 0.316 e. The van der Waals surface area contributed by atoms with Gasteiger partial charge >= 0.3 is 0 Å². The zero-order valence-electron chi connectivity index (χ0n) is 12.8. The summed E-state index contributed by atoms with van der Waals surface area (Å²) in [5.74, 6) is 1.16. The number of hydrogen-bond donors (Lipinski definition) is 1. The van der Waals surface area contributed by atoms with E-state index in [1.54, 1.807) is 0 Å². The Balaban J connectivity index is 2.14. The van der Waals surface area contributed by atoms with E-state index in [0.717, 1.165) is 10.2 Å². The van der Waals surface area contributed by atoms with Crippen LogP contribution in [0.25, 0.3) is 0 Å². The van der Waals surface area contributed by atoms with E-state index >= 15 is 0 Å². The third-order valence-corrected chi connectivity index (χ3v) is 5.28. The van der Waals surface area contributed by atoms with Crippen LogP contribution in [0.3, 0.4) is 0 Å². The van der Waals surface area contributed by atoms with Crippen LogP contribution in [0.1, 0.15) is 51.9 Å². The fourth-order valence-electron chi connectivity index (χ4n) is 2.21. The molecule has 1 rings (SSSR count). The summed E-state index contributed by atoms with van der Waals surface area (Å²) in [5.41, 5.74) is 0. The molecular formula is C17H28BrNS. The highest BCUT2D eigenvalue weighted by Crippen LogP contribution is 2.22. The minimum absolute atomic E-state index is 0.634. The Bertz CT molecular complexity index is 339. The van der Waals surface area contributed by atoms with Gasteiger partial charge in [0.1, 0.15) is 0 Å². The molecule has 1 aromatic carbocycles. The van der Waals surface area contributed by atoms with Gasteiger partial charge in [0, 0.05) is 21.2 Å². The fraction of sp³-hybridized carbons (Fsp3) is 0.647. The summed E-state index contributed by atoms with van der Waals surface area (Å²) in [5, 5.41) is 3.46. The first kappa shape index (κ1) is 18.1. The molecule has 1 N–H and O–H groups in total. The summed E-state index contributed by atoms with van der Waals surface area (Å²) < 4.78 is 1.15. The van der Waals surface area contributed by atoms with Crippen LogP contribution in [-0.2, 0) is 0 Å². The Hall–Kier alpha value is 0.01000. The maximum atomic E-state index is 3.48. The second-order valence-corrected chi connectivity index (χ2v) is 7.32. The first-order valence-electron chi connectivity index (χ1n) is 7.82. The molecule has 0 aliphatic carbocycles. The summed E-state index contributed by atoms with van der Waals surface area (Å²) in [7, 11) is 2.09. The van der Waals surface area contributed by atoms with Crippen LogP contribution in [0.5, 0.6) is 0 Å². The van der Waals surface area contributed by atoms with Gasteiger partial charge in [-0.2, -0.15) is 0 Å². The van der Waals surface area contributed by atoms with Gasteiger partial charge in [0.2, 0.25) is 0 Å². The monoisotopic (exact) mass is 357 g/mol. The van der Waals surface area contributed by atoms with Gasteiger partial charge in [-0.25, -0.2) is 0 Å². The summed E-state index contributed by atoms with van der Waals surface area (Å²) in [6.07, 6.45) is 9.60. The lowest BCUT2D eigenvalue weighted by molar-refractivity contribution is 0.514. The van der Waals surface area contributed by atoms with Crippen LogP contribution in [0.4, 0.5) is 0 Å². The lowest BCUT2D eigenvalue weighted by atomic mass is 10.1. The number of halogens is 1. The summed E-state index contributed by atoms with van der Waals surface area (Å²) in [6.45, 7) is 2.27. The minimum Gasteiger partial charge on any atom is -0.316 e.